The van der Waals surface area contributed by atoms with Crippen molar-refractivity contribution in [2.75, 3.05) is 0 Å². The highest BCUT2D eigenvalue weighted by Gasteiger charge is 2.08. The van der Waals surface area contributed by atoms with E-state index < -0.39 is 0 Å². The molecule has 0 radical (unpaired) electrons. The first-order valence-electron chi connectivity index (χ1n) is 7.34. The lowest BCUT2D eigenvalue weighted by atomic mass is 10.1. The Morgan fingerprint density at radius 2 is 2.04 bits per heavy atom. The molecule has 1 N–H and O–H groups in total. The summed E-state index contributed by atoms with van der Waals surface area (Å²) in [5.41, 5.74) is 2.21. The van der Waals surface area contributed by atoms with Gasteiger partial charge in [-0.1, -0.05) is 34.1 Å². The van der Waals surface area contributed by atoms with Gasteiger partial charge in [0, 0.05) is 21.8 Å². The van der Waals surface area contributed by atoms with E-state index in [1.54, 1.807) is 11.3 Å². The van der Waals surface area contributed by atoms with Crippen LogP contribution in [-0.2, 0) is 17.8 Å². The van der Waals surface area contributed by atoms with Gasteiger partial charge in [-0.05, 0) is 41.6 Å². The maximum absolute atomic E-state index is 12.0. The minimum atomic E-state index is 0.0224. The Labute approximate surface area is 147 Å². The topological polar surface area (TPSA) is 42.2 Å². The molecular weight excluding hydrogens is 374 g/mol. The van der Waals surface area contributed by atoms with Crippen LogP contribution in [0.2, 0.25) is 0 Å². The third-order valence-corrected chi connectivity index (χ3v) is 4.96. The van der Waals surface area contributed by atoms with Gasteiger partial charge >= 0.3 is 0 Å². The predicted octanol–water partition coefficient (Wildman–Crippen LogP) is 5.02. The van der Waals surface area contributed by atoms with Gasteiger partial charge in [0.15, 0.2) is 0 Å². The Morgan fingerprint density at radius 1 is 1.17 bits per heavy atom. The molecule has 3 aromatic rings. The molecule has 0 aliphatic carbocycles. The van der Waals surface area contributed by atoms with Crippen LogP contribution in [0.25, 0.3) is 11.3 Å². The number of carbonyl (C=O) groups excluding carboxylic acids is 1. The van der Waals surface area contributed by atoms with Crippen molar-refractivity contribution in [3.05, 3.63) is 69.0 Å². The zero-order chi connectivity index (χ0) is 16.1. The summed E-state index contributed by atoms with van der Waals surface area (Å²) in [6.45, 7) is 0.416. The van der Waals surface area contributed by atoms with E-state index in [1.165, 1.54) is 0 Å². The fraction of sp³-hybridized carbons (Fsp3) is 0.167. The molecule has 2 aromatic heterocycles. The molecule has 1 aromatic carbocycles. The summed E-state index contributed by atoms with van der Waals surface area (Å²) in [7, 11) is 0. The lowest BCUT2D eigenvalue weighted by Crippen LogP contribution is -2.22. The number of benzene rings is 1. The number of carbonyl (C=O) groups is 1. The average molecular weight is 390 g/mol. The number of nitrogens with one attached hydrogen (secondary N) is 1. The van der Waals surface area contributed by atoms with Gasteiger partial charge in [0.2, 0.25) is 5.91 Å². The molecule has 0 saturated heterocycles. The van der Waals surface area contributed by atoms with E-state index in [0.717, 1.165) is 27.1 Å². The summed E-state index contributed by atoms with van der Waals surface area (Å²) in [6, 6.07) is 13.8. The number of hydrogen-bond donors (Lipinski definition) is 1. The number of aryl methyl sites for hydroxylation is 1. The van der Waals surface area contributed by atoms with E-state index in [9.17, 15) is 4.79 Å². The summed E-state index contributed by atoms with van der Waals surface area (Å²) < 4.78 is 6.79. The summed E-state index contributed by atoms with van der Waals surface area (Å²) in [5.74, 6) is 1.62. The highest BCUT2D eigenvalue weighted by atomic mass is 79.9. The second-order valence-corrected chi connectivity index (χ2v) is 6.78. The van der Waals surface area contributed by atoms with Crippen LogP contribution in [0.1, 0.15) is 17.7 Å². The maximum atomic E-state index is 12.0. The highest BCUT2D eigenvalue weighted by molar-refractivity contribution is 9.10. The lowest BCUT2D eigenvalue weighted by molar-refractivity contribution is -0.121. The molecule has 23 heavy (non-hydrogen) atoms. The van der Waals surface area contributed by atoms with Crippen molar-refractivity contribution in [3.63, 3.8) is 0 Å². The Balaban J connectivity index is 1.49. The summed E-state index contributed by atoms with van der Waals surface area (Å²) in [6.07, 6.45) is 1.17. The number of halogens is 1. The minimum absolute atomic E-state index is 0.0224. The second kappa shape index (κ2) is 7.62. The van der Waals surface area contributed by atoms with Crippen LogP contribution in [0, 0.1) is 0 Å². The molecule has 0 fully saturated rings. The average Bonchev–Trinajstić information content (AvgIpc) is 3.23. The molecule has 5 heteroatoms. The third-order valence-electron chi connectivity index (χ3n) is 3.51. The molecule has 3 rings (SSSR count). The number of amides is 1. The van der Waals surface area contributed by atoms with Crippen molar-refractivity contribution in [1.82, 2.24) is 5.32 Å². The van der Waals surface area contributed by atoms with Crippen molar-refractivity contribution in [1.29, 1.82) is 0 Å². The van der Waals surface area contributed by atoms with Crippen molar-refractivity contribution >= 4 is 33.2 Å². The largest absolute Gasteiger partial charge is 0.459 e. The monoisotopic (exact) mass is 389 g/mol. The standard InChI is InChI=1S/C18H16BrNO2S/c19-16-4-2-1-3-13(16)5-8-18(21)20-11-15-6-7-17(22-15)14-9-10-23-12-14/h1-4,6-7,9-10,12H,5,8,11H2,(H,20,21). The Morgan fingerprint density at radius 3 is 2.83 bits per heavy atom. The van der Waals surface area contributed by atoms with Gasteiger partial charge in [-0.2, -0.15) is 11.3 Å². The number of hydrogen-bond acceptors (Lipinski definition) is 3. The van der Waals surface area contributed by atoms with Crippen molar-refractivity contribution < 1.29 is 9.21 Å². The fourth-order valence-corrected chi connectivity index (χ4v) is 3.38. The van der Waals surface area contributed by atoms with Crippen LogP contribution in [0.3, 0.4) is 0 Å². The van der Waals surface area contributed by atoms with Gasteiger partial charge in [0.25, 0.3) is 0 Å². The highest BCUT2D eigenvalue weighted by Crippen LogP contribution is 2.24. The number of thiophene rings is 1. The Hall–Kier alpha value is -1.85. The number of rotatable bonds is 6. The molecule has 2 heterocycles. The van der Waals surface area contributed by atoms with Gasteiger partial charge in [0.05, 0.1) is 6.54 Å². The van der Waals surface area contributed by atoms with Crippen LogP contribution in [-0.4, -0.2) is 5.91 Å². The molecule has 1 amide bonds. The summed E-state index contributed by atoms with van der Waals surface area (Å²) in [5, 5.41) is 6.96. The van der Waals surface area contributed by atoms with Crippen LogP contribution in [0.15, 0.2) is 62.1 Å². The minimum Gasteiger partial charge on any atom is -0.459 e. The SMILES string of the molecule is O=C(CCc1ccccc1Br)NCc1ccc(-c2ccsc2)o1. The van der Waals surface area contributed by atoms with Crippen molar-refractivity contribution in [2.24, 2.45) is 0 Å². The molecule has 0 saturated carbocycles. The molecule has 0 aliphatic rings. The molecule has 0 spiro atoms. The van der Waals surface area contributed by atoms with E-state index in [4.69, 9.17) is 4.42 Å². The Kier molecular flexibility index (Phi) is 5.31. The first-order chi connectivity index (χ1) is 11.2. The molecule has 0 bridgehead atoms. The molecule has 0 atom stereocenters. The van der Waals surface area contributed by atoms with Crippen LogP contribution in [0.4, 0.5) is 0 Å². The van der Waals surface area contributed by atoms with Gasteiger partial charge in [-0.25, -0.2) is 0 Å². The maximum Gasteiger partial charge on any atom is 0.220 e. The molecule has 3 nitrogen and oxygen atoms in total. The smallest absolute Gasteiger partial charge is 0.220 e. The molecule has 118 valence electrons. The second-order valence-electron chi connectivity index (χ2n) is 5.15. The molecule has 0 unspecified atom stereocenters. The van der Waals surface area contributed by atoms with E-state index in [1.807, 2.05) is 53.2 Å². The normalized spacial score (nSPS) is 10.7. The Bertz CT molecular complexity index is 780. The zero-order valence-electron chi connectivity index (χ0n) is 12.4. The van der Waals surface area contributed by atoms with Gasteiger partial charge in [-0.15, -0.1) is 0 Å². The summed E-state index contributed by atoms with van der Waals surface area (Å²) >= 11 is 5.13. The van der Waals surface area contributed by atoms with Crippen LogP contribution in [0.5, 0.6) is 0 Å². The van der Waals surface area contributed by atoms with Crippen LogP contribution < -0.4 is 5.32 Å². The zero-order valence-corrected chi connectivity index (χ0v) is 14.8. The predicted molar refractivity (Wildman–Crippen MR) is 96.3 cm³/mol. The van der Waals surface area contributed by atoms with E-state index >= 15 is 0 Å². The van der Waals surface area contributed by atoms with Gasteiger partial charge in [0.1, 0.15) is 11.5 Å². The fourth-order valence-electron chi connectivity index (χ4n) is 2.26. The van der Waals surface area contributed by atoms with E-state index in [-0.39, 0.29) is 5.91 Å². The van der Waals surface area contributed by atoms with Gasteiger partial charge in [-0.3, -0.25) is 4.79 Å². The quantitative estimate of drug-likeness (QED) is 0.642. The number of furan rings is 1. The summed E-state index contributed by atoms with van der Waals surface area (Å²) in [4.78, 5) is 12.0. The van der Waals surface area contributed by atoms with Crippen molar-refractivity contribution in [2.45, 2.75) is 19.4 Å². The molecular formula is C18H16BrNO2S. The van der Waals surface area contributed by atoms with Crippen molar-refractivity contribution in [3.8, 4) is 11.3 Å². The first-order valence-corrected chi connectivity index (χ1v) is 9.07. The van der Waals surface area contributed by atoms with Crippen LogP contribution >= 0.6 is 27.3 Å². The first kappa shape index (κ1) is 16.0. The molecule has 0 aliphatic heterocycles. The third kappa shape index (κ3) is 4.33. The van der Waals surface area contributed by atoms with E-state index in [0.29, 0.717) is 19.4 Å². The van der Waals surface area contributed by atoms with E-state index in [2.05, 4.69) is 21.2 Å². The van der Waals surface area contributed by atoms with Gasteiger partial charge < -0.3 is 9.73 Å². The lowest BCUT2D eigenvalue weighted by Gasteiger charge is -2.05.